The molecule has 1 atom stereocenters. The van der Waals surface area contributed by atoms with Crippen LogP contribution in [0.3, 0.4) is 0 Å². The number of hydrazone groups is 1. The van der Waals surface area contributed by atoms with Crippen LogP contribution in [0.15, 0.2) is 47.6 Å². The van der Waals surface area contributed by atoms with Crippen LogP contribution in [0.1, 0.15) is 18.9 Å². The van der Waals surface area contributed by atoms with Crippen LogP contribution in [0.25, 0.3) is 0 Å². The number of hydrogen-bond donors (Lipinski definition) is 1. The third-order valence-corrected chi connectivity index (χ3v) is 4.91. The van der Waals surface area contributed by atoms with Crippen LogP contribution in [-0.4, -0.2) is 44.8 Å². The van der Waals surface area contributed by atoms with Gasteiger partial charge in [0.25, 0.3) is 5.91 Å². The Kier molecular flexibility index (Phi) is 6.56. The van der Waals surface area contributed by atoms with Crippen molar-refractivity contribution in [1.82, 2.24) is 5.32 Å². The van der Waals surface area contributed by atoms with Crippen LogP contribution in [0.4, 0.5) is 5.69 Å². The molecule has 0 spiro atoms. The standard InChI is InChI=1S/C22H25N3O5/c1-14(26)19-12-18(24-25(19)15-8-6-5-7-9-15)22(27)23-13-17-20(29-3)10-16(28-2)11-21(17)30-4/h5-11,19H,12-13H2,1-4H3,(H,23,27). The molecule has 30 heavy (non-hydrogen) atoms. The number of carbonyl (C=O) groups excluding carboxylic acids is 2. The van der Waals surface area contributed by atoms with Gasteiger partial charge < -0.3 is 19.5 Å². The van der Waals surface area contributed by atoms with Crippen molar-refractivity contribution in [3.8, 4) is 17.2 Å². The number of para-hydroxylation sites is 1. The van der Waals surface area contributed by atoms with E-state index in [1.54, 1.807) is 24.3 Å². The molecule has 2 aromatic carbocycles. The summed E-state index contributed by atoms with van der Waals surface area (Å²) in [7, 11) is 4.63. The molecule has 1 N–H and O–H groups in total. The van der Waals surface area contributed by atoms with E-state index in [0.29, 0.717) is 28.5 Å². The normalized spacial score (nSPS) is 15.4. The fraction of sp³-hybridized carbons (Fsp3) is 0.318. The number of hydrogen-bond acceptors (Lipinski definition) is 7. The highest BCUT2D eigenvalue weighted by atomic mass is 16.5. The largest absolute Gasteiger partial charge is 0.496 e. The lowest BCUT2D eigenvalue weighted by Gasteiger charge is -2.20. The fourth-order valence-corrected chi connectivity index (χ4v) is 3.31. The van der Waals surface area contributed by atoms with Gasteiger partial charge in [-0.05, 0) is 19.1 Å². The monoisotopic (exact) mass is 411 g/mol. The molecule has 2 aromatic rings. The average Bonchev–Trinajstić information content (AvgIpc) is 3.23. The Morgan fingerprint density at radius 2 is 1.70 bits per heavy atom. The molecule has 0 fully saturated rings. The number of nitrogens with one attached hydrogen (secondary N) is 1. The van der Waals surface area contributed by atoms with E-state index in [1.807, 2.05) is 30.3 Å². The third-order valence-electron chi connectivity index (χ3n) is 4.91. The molecule has 8 heteroatoms. The minimum absolute atomic E-state index is 0.0519. The van der Waals surface area contributed by atoms with E-state index in [1.165, 1.54) is 21.1 Å². The highest BCUT2D eigenvalue weighted by Crippen LogP contribution is 2.34. The van der Waals surface area contributed by atoms with E-state index in [2.05, 4.69) is 10.4 Å². The van der Waals surface area contributed by atoms with Crippen molar-refractivity contribution in [2.24, 2.45) is 5.10 Å². The number of rotatable bonds is 8. The zero-order valence-electron chi connectivity index (χ0n) is 17.5. The number of benzene rings is 2. The van der Waals surface area contributed by atoms with Gasteiger partial charge in [-0.2, -0.15) is 5.10 Å². The van der Waals surface area contributed by atoms with Crippen molar-refractivity contribution >= 4 is 23.1 Å². The first-order chi connectivity index (χ1) is 14.5. The molecule has 0 saturated carbocycles. The molecule has 1 unspecified atom stereocenters. The van der Waals surface area contributed by atoms with E-state index in [-0.39, 0.29) is 24.7 Å². The Labute approximate surface area is 175 Å². The van der Waals surface area contributed by atoms with Gasteiger partial charge in [0, 0.05) is 18.6 Å². The number of ether oxygens (including phenoxy) is 3. The van der Waals surface area contributed by atoms with Gasteiger partial charge in [-0.25, -0.2) is 0 Å². The highest BCUT2D eigenvalue weighted by molar-refractivity contribution is 6.40. The van der Waals surface area contributed by atoms with Crippen LogP contribution < -0.4 is 24.5 Å². The van der Waals surface area contributed by atoms with Crippen molar-refractivity contribution in [1.29, 1.82) is 0 Å². The minimum atomic E-state index is -0.502. The maximum atomic E-state index is 12.8. The predicted octanol–water partition coefficient (Wildman–Crippen LogP) is 2.55. The molecule has 3 rings (SSSR count). The lowest BCUT2D eigenvalue weighted by molar-refractivity contribution is -0.118. The number of carbonyl (C=O) groups is 2. The molecule has 158 valence electrons. The Morgan fingerprint density at radius 3 is 2.23 bits per heavy atom. The summed E-state index contributed by atoms with van der Waals surface area (Å²) in [6.07, 6.45) is 0.243. The fourth-order valence-electron chi connectivity index (χ4n) is 3.31. The third kappa shape index (κ3) is 4.37. The topological polar surface area (TPSA) is 89.5 Å². The van der Waals surface area contributed by atoms with E-state index in [0.717, 1.165) is 5.69 Å². The molecule has 1 aliphatic rings. The summed E-state index contributed by atoms with van der Waals surface area (Å²) in [6.45, 7) is 1.67. The van der Waals surface area contributed by atoms with Crippen LogP contribution in [0, 0.1) is 0 Å². The molecular weight excluding hydrogens is 386 g/mol. The number of Topliss-reactive ketones (excluding diaryl/α,β-unsaturated/α-hetero) is 1. The summed E-state index contributed by atoms with van der Waals surface area (Å²) in [4.78, 5) is 24.9. The molecule has 0 aromatic heterocycles. The van der Waals surface area contributed by atoms with Gasteiger partial charge in [0.05, 0.1) is 39.1 Å². The Morgan fingerprint density at radius 1 is 1.07 bits per heavy atom. The van der Waals surface area contributed by atoms with E-state index in [4.69, 9.17) is 14.2 Å². The molecular formula is C22H25N3O5. The van der Waals surface area contributed by atoms with Crippen molar-refractivity contribution in [3.63, 3.8) is 0 Å². The summed E-state index contributed by atoms with van der Waals surface area (Å²) in [5.41, 5.74) is 1.74. The van der Waals surface area contributed by atoms with Crippen molar-refractivity contribution < 1.29 is 23.8 Å². The molecule has 0 aliphatic carbocycles. The Balaban J connectivity index is 1.79. The lowest BCUT2D eigenvalue weighted by atomic mass is 10.1. The lowest BCUT2D eigenvalue weighted by Crippen LogP contribution is -2.34. The zero-order chi connectivity index (χ0) is 21.7. The Bertz CT molecular complexity index is 933. The smallest absolute Gasteiger partial charge is 0.267 e. The van der Waals surface area contributed by atoms with Crippen LogP contribution in [0.2, 0.25) is 0 Å². The van der Waals surface area contributed by atoms with Gasteiger partial charge in [-0.1, -0.05) is 18.2 Å². The van der Waals surface area contributed by atoms with E-state index < -0.39 is 6.04 Å². The zero-order valence-corrected chi connectivity index (χ0v) is 17.5. The predicted molar refractivity (Wildman–Crippen MR) is 113 cm³/mol. The van der Waals surface area contributed by atoms with Crippen molar-refractivity contribution in [3.05, 3.63) is 48.0 Å². The van der Waals surface area contributed by atoms with Gasteiger partial charge in [0.1, 0.15) is 29.0 Å². The summed E-state index contributed by atoms with van der Waals surface area (Å²) in [5, 5.41) is 8.87. The molecule has 0 radical (unpaired) electrons. The molecule has 1 heterocycles. The van der Waals surface area contributed by atoms with Crippen molar-refractivity contribution in [2.45, 2.75) is 25.9 Å². The first kappa shape index (κ1) is 21.2. The van der Waals surface area contributed by atoms with Gasteiger partial charge in [-0.3, -0.25) is 14.6 Å². The minimum Gasteiger partial charge on any atom is -0.496 e. The summed E-state index contributed by atoms with van der Waals surface area (Å²) in [6, 6.07) is 12.3. The average molecular weight is 411 g/mol. The molecule has 1 amide bonds. The van der Waals surface area contributed by atoms with E-state index in [9.17, 15) is 9.59 Å². The second-order valence-corrected chi connectivity index (χ2v) is 6.75. The molecule has 8 nitrogen and oxygen atoms in total. The Hall–Kier alpha value is -3.55. The van der Waals surface area contributed by atoms with Gasteiger partial charge in [-0.15, -0.1) is 0 Å². The van der Waals surface area contributed by atoms with E-state index >= 15 is 0 Å². The number of ketones is 1. The van der Waals surface area contributed by atoms with Crippen molar-refractivity contribution in [2.75, 3.05) is 26.3 Å². The molecule has 0 bridgehead atoms. The number of nitrogens with zero attached hydrogens (tertiary/aromatic N) is 2. The van der Waals surface area contributed by atoms with Crippen LogP contribution >= 0.6 is 0 Å². The van der Waals surface area contributed by atoms with Crippen LogP contribution in [-0.2, 0) is 16.1 Å². The summed E-state index contributed by atoms with van der Waals surface area (Å²) >= 11 is 0. The maximum absolute atomic E-state index is 12.8. The van der Waals surface area contributed by atoms with Gasteiger partial charge in [0.2, 0.25) is 0 Å². The first-order valence-corrected chi connectivity index (χ1v) is 9.47. The molecule has 1 aliphatic heterocycles. The summed E-state index contributed by atoms with van der Waals surface area (Å²) < 4.78 is 16.1. The molecule has 0 saturated heterocycles. The van der Waals surface area contributed by atoms with Gasteiger partial charge in [0.15, 0.2) is 5.78 Å². The number of anilines is 1. The number of methoxy groups -OCH3 is 3. The first-order valence-electron chi connectivity index (χ1n) is 9.47. The van der Waals surface area contributed by atoms with Gasteiger partial charge >= 0.3 is 0 Å². The SMILES string of the molecule is COc1cc(OC)c(CNC(=O)C2=NN(c3ccccc3)C(C(C)=O)C2)c(OC)c1. The van der Waals surface area contributed by atoms with Crippen LogP contribution in [0.5, 0.6) is 17.2 Å². The summed E-state index contributed by atoms with van der Waals surface area (Å²) in [5.74, 6) is 1.25. The quantitative estimate of drug-likeness (QED) is 0.718. The number of amides is 1. The second-order valence-electron chi connectivity index (χ2n) is 6.75. The maximum Gasteiger partial charge on any atom is 0.267 e. The highest BCUT2D eigenvalue weighted by Gasteiger charge is 2.34. The second kappa shape index (κ2) is 9.30.